The first-order valence-electron chi connectivity index (χ1n) is 6.90. The highest BCUT2D eigenvalue weighted by Gasteiger charge is 2.14. The van der Waals surface area contributed by atoms with Crippen LogP contribution in [-0.4, -0.2) is 48.7 Å². The van der Waals surface area contributed by atoms with Crippen molar-refractivity contribution in [2.45, 2.75) is 27.7 Å². The predicted octanol–water partition coefficient (Wildman–Crippen LogP) is 1.85. The summed E-state index contributed by atoms with van der Waals surface area (Å²) in [4.78, 5) is 17.5. The number of nitrogens with one attached hydrogen (secondary N) is 1. The second kappa shape index (κ2) is 7.11. The van der Waals surface area contributed by atoms with Gasteiger partial charge in [-0.1, -0.05) is 13.8 Å². The Morgan fingerprint density at radius 3 is 2.16 bits per heavy atom. The number of hydrogen-bond acceptors (Lipinski definition) is 6. The SMILES string of the molecule is CCNc1nc(N(C)C)nc(N(CC)CC(C)C)n1. The van der Waals surface area contributed by atoms with Crippen LogP contribution < -0.4 is 15.1 Å². The summed E-state index contributed by atoms with van der Waals surface area (Å²) < 4.78 is 0. The van der Waals surface area contributed by atoms with Gasteiger partial charge in [0, 0.05) is 33.7 Å². The van der Waals surface area contributed by atoms with Crippen molar-refractivity contribution in [1.82, 2.24) is 15.0 Å². The third kappa shape index (κ3) is 4.54. The van der Waals surface area contributed by atoms with Crippen molar-refractivity contribution in [3.63, 3.8) is 0 Å². The Morgan fingerprint density at radius 1 is 1.05 bits per heavy atom. The van der Waals surface area contributed by atoms with Gasteiger partial charge in [-0.2, -0.15) is 15.0 Å². The molecule has 19 heavy (non-hydrogen) atoms. The van der Waals surface area contributed by atoms with E-state index in [4.69, 9.17) is 0 Å². The summed E-state index contributed by atoms with van der Waals surface area (Å²) in [6.07, 6.45) is 0. The topological polar surface area (TPSA) is 57.2 Å². The van der Waals surface area contributed by atoms with E-state index in [1.54, 1.807) is 0 Å². The molecule has 0 aliphatic heterocycles. The molecule has 1 aromatic heterocycles. The number of aromatic nitrogens is 3. The summed E-state index contributed by atoms with van der Waals surface area (Å²) in [7, 11) is 3.88. The van der Waals surface area contributed by atoms with Crippen molar-refractivity contribution in [2.75, 3.05) is 48.8 Å². The normalized spacial score (nSPS) is 10.7. The molecule has 0 aliphatic rings. The fourth-order valence-electron chi connectivity index (χ4n) is 1.73. The maximum Gasteiger partial charge on any atom is 0.231 e. The van der Waals surface area contributed by atoms with Gasteiger partial charge in [-0.15, -0.1) is 0 Å². The molecule has 108 valence electrons. The van der Waals surface area contributed by atoms with E-state index in [-0.39, 0.29) is 0 Å². The minimum Gasteiger partial charge on any atom is -0.354 e. The molecule has 6 heteroatoms. The summed E-state index contributed by atoms with van der Waals surface area (Å²) in [6, 6.07) is 0. The number of anilines is 3. The highest BCUT2D eigenvalue weighted by atomic mass is 15.3. The van der Waals surface area contributed by atoms with Crippen LogP contribution in [0.3, 0.4) is 0 Å². The van der Waals surface area contributed by atoms with Crippen molar-refractivity contribution in [1.29, 1.82) is 0 Å². The molecule has 0 unspecified atom stereocenters. The van der Waals surface area contributed by atoms with Crippen molar-refractivity contribution in [3.8, 4) is 0 Å². The van der Waals surface area contributed by atoms with Gasteiger partial charge in [0.1, 0.15) is 0 Å². The lowest BCUT2D eigenvalue weighted by Crippen LogP contribution is -2.30. The first kappa shape index (κ1) is 15.5. The van der Waals surface area contributed by atoms with Gasteiger partial charge in [-0.05, 0) is 19.8 Å². The molecule has 0 aliphatic carbocycles. The zero-order valence-electron chi connectivity index (χ0n) is 12.9. The van der Waals surface area contributed by atoms with Gasteiger partial charge in [0.05, 0.1) is 0 Å². The average Bonchev–Trinajstić information content (AvgIpc) is 2.35. The van der Waals surface area contributed by atoms with E-state index in [1.807, 2.05) is 25.9 Å². The first-order chi connectivity index (χ1) is 8.97. The third-order valence-electron chi connectivity index (χ3n) is 2.60. The van der Waals surface area contributed by atoms with Gasteiger partial charge in [0.25, 0.3) is 0 Å². The minimum atomic E-state index is 0.571. The van der Waals surface area contributed by atoms with Crippen molar-refractivity contribution < 1.29 is 0 Å². The van der Waals surface area contributed by atoms with Gasteiger partial charge in [0.2, 0.25) is 17.8 Å². The fourth-order valence-corrected chi connectivity index (χ4v) is 1.73. The average molecular weight is 266 g/mol. The van der Waals surface area contributed by atoms with E-state index in [2.05, 4.69) is 45.9 Å². The lowest BCUT2D eigenvalue weighted by molar-refractivity contribution is 0.608. The van der Waals surface area contributed by atoms with E-state index in [1.165, 1.54) is 0 Å². The Kier molecular flexibility index (Phi) is 5.79. The second-order valence-corrected chi connectivity index (χ2v) is 5.12. The molecule has 0 spiro atoms. The summed E-state index contributed by atoms with van der Waals surface area (Å²) in [6.45, 7) is 11.2. The largest absolute Gasteiger partial charge is 0.354 e. The Balaban J connectivity index is 3.09. The quantitative estimate of drug-likeness (QED) is 0.813. The van der Waals surface area contributed by atoms with Crippen LogP contribution in [0.1, 0.15) is 27.7 Å². The molecule has 0 radical (unpaired) electrons. The fraction of sp³-hybridized carbons (Fsp3) is 0.769. The van der Waals surface area contributed by atoms with Crippen LogP contribution in [0, 0.1) is 5.92 Å². The monoisotopic (exact) mass is 266 g/mol. The summed E-state index contributed by atoms with van der Waals surface area (Å²) >= 11 is 0. The van der Waals surface area contributed by atoms with E-state index >= 15 is 0 Å². The van der Waals surface area contributed by atoms with Crippen LogP contribution in [-0.2, 0) is 0 Å². The van der Waals surface area contributed by atoms with Crippen LogP contribution >= 0.6 is 0 Å². The number of rotatable bonds is 7. The molecule has 0 bridgehead atoms. The molecule has 0 amide bonds. The number of nitrogens with zero attached hydrogens (tertiary/aromatic N) is 5. The van der Waals surface area contributed by atoms with Gasteiger partial charge < -0.3 is 15.1 Å². The highest BCUT2D eigenvalue weighted by Crippen LogP contribution is 2.16. The molecule has 1 aromatic rings. The molecule has 1 heterocycles. The molecule has 0 saturated heterocycles. The maximum absolute atomic E-state index is 4.53. The standard InChI is InChI=1S/C13H26N6/c1-7-14-11-15-12(18(5)6)17-13(16-11)19(8-2)9-10(3)4/h10H,7-9H2,1-6H3,(H,14,15,16,17). The lowest BCUT2D eigenvalue weighted by atomic mass is 10.2. The Morgan fingerprint density at radius 2 is 1.68 bits per heavy atom. The zero-order valence-corrected chi connectivity index (χ0v) is 12.9. The van der Waals surface area contributed by atoms with Gasteiger partial charge in [-0.25, -0.2) is 0 Å². The van der Waals surface area contributed by atoms with Gasteiger partial charge >= 0.3 is 0 Å². The van der Waals surface area contributed by atoms with Crippen molar-refractivity contribution >= 4 is 17.8 Å². The van der Waals surface area contributed by atoms with Gasteiger partial charge in [0.15, 0.2) is 0 Å². The molecule has 1 N–H and O–H groups in total. The molecular formula is C13H26N6. The molecule has 6 nitrogen and oxygen atoms in total. The van der Waals surface area contributed by atoms with E-state index < -0.39 is 0 Å². The van der Waals surface area contributed by atoms with E-state index in [9.17, 15) is 0 Å². The Bertz CT molecular complexity index is 391. The second-order valence-electron chi connectivity index (χ2n) is 5.12. The third-order valence-corrected chi connectivity index (χ3v) is 2.60. The van der Waals surface area contributed by atoms with Crippen LogP contribution in [0.5, 0.6) is 0 Å². The van der Waals surface area contributed by atoms with E-state index in [0.29, 0.717) is 17.8 Å². The number of hydrogen-bond donors (Lipinski definition) is 1. The molecule has 1 rings (SSSR count). The summed E-state index contributed by atoms with van der Waals surface area (Å²) in [5.74, 6) is 2.63. The van der Waals surface area contributed by atoms with Crippen LogP contribution in [0.4, 0.5) is 17.8 Å². The van der Waals surface area contributed by atoms with Crippen LogP contribution in [0.2, 0.25) is 0 Å². The first-order valence-corrected chi connectivity index (χ1v) is 6.90. The predicted molar refractivity (Wildman–Crippen MR) is 81.0 cm³/mol. The molecular weight excluding hydrogens is 240 g/mol. The van der Waals surface area contributed by atoms with E-state index in [0.717, 1.165) is 25.6 Å². The van der Waals surface area contributed by atoms with Crippen molar-refractivity contribution in [3.05, 3.63) is 0 Å². The smallest absolute Gasteiger partial charge is 0.231 e. The highest BCUT2D eigenvalue weighted by molar-refractivity contribution is 5.44. The Hall–Kier alpha value is -1.59. The molecule has 0 atom stereocenters. The minimum absolute atomic E-state index is 0.571. The van der Waals surface area contributed by atoms with Crippen LogP contribution in [0.15, 0.2) is 0 Å². The molecule has 0 aromatic carbocycles. The molecule has 0 fully saturated rings. The van der Waals surface area contributed by atoms with Gasteiger partial charge in [-0.3, -0.25) is 0 Å². The Labute approximate surface area is 116 Å². The summed E-state index contributed by atoms with van der Waals surface area (Å²) in [5, 5.41) is 3.16. The van der Waals surface area contributed by atoms with Crippen molar-refractivity contribution in [2.24, 2.45) is 5.92 Å². The van der Waals surface area contributed by atoms with Crippen LogP contribution in [0.25, 0.3) is 0 Å². The maximum atomic E-state index is 4.53. The lowest BCUT2D eigenvalue weighted by Gasteiger charge is -2.24. The summed E-state index contributed by atoms with van der Waals surface area (Å²) in [5.41, 5.74) is 0. The molecule has 0 saturated carbocycles. The zero-order chi connectivity index (χ0) is 14.4.